The number of amides is 1. The lowest BCUT2D eigenvalue weighted by atomic mass is 9.90. The number of carbonyl (C=O) groups is 2. The van der Waals surface area contributed by atoms with Gasteiger partial charge in [-0.1, -0.05) is 95.7 Å². The summed E-state index contributed by atoms with van der Waals surface area (Å²) in [4.78, 5) is 25.5. The fraction of sp³-hybridized carbons (Fsp3) is 0.375. The Labute approximate surface area is 212 Å². The highest BCUT2D eigenvalue weighted by Crippen LogP contribution is 2.22. The molecular formula is C32H41NO2. The number of benzene rings is 2. The SMILES string of the molecule is C=C/C=C(\C=C/C(C)c1ccc(C(=O)C(CC)CCC)cc1)NC(=O)c1ccc(CCCC)cc1. The maximum Gasteiger partial charge on any atom is 0.255 e. The lowest BCUT2D eigenvalue weighted by Gasteiger charge is -2.14. The molecule has 1 amide bonds. The summed E-state index contributed by atoms with van der Waals surface area (Å²) in [6.07, 6.45) is 13.6. The second-order valence-electron chi connectivity index (χ2n) is 9.14. The molecule has 2 aromatic carbocycles. The fourth-order valence-electron chi connectivity index (χ4n) is 4.09. The third-order valence-corrected chi connectivity index (χ3v) is 6.38. The highest BCUT2D eigenvalue weighted by atomic mass is 16.1. The van der Waals surface area contributed by atoms with Gasteiger partial charge >= 0.3 is 0 Å². The lowest BCUT2D eigenvalue weighted by molar-refractivity contribution is 0.0908. The van der Waals surface area contributed by atoms with Crippen molar-refractivity contribution in [2.45, 2.75) is 72.1 Å². The van der Waals surface area contributed by atoms with Crippen molar-refractivity contribution in [3.05, 3.63) is 107 Å². The molecule has 186 valence electrons. The van der Waals surface area contributed by atoms with Crippen molar-refractivity contribution in [3.8, 4) is 0 Å². The quantitative estimate of drug-likeness (QED) is 0.223. The van der Waals surface area contributed by atoms with Crippen molar-refractivity contribution >= 4 is 11.7 Å². The Hall–Kier alpha value is -3.20. The number of unbranched alkanes of at least 4 members (excludes halogenated alkanes) is 1. The average Bonchev–Trinajstić information content (AvgIpc) is 2.89. The molecule has 2 rings (SSSR count). The summed E-state index contributed by atoms with van der Waals surface area (Å²) < 4.78 is 0. The van der Waals surface area contributed by atoms with Gasteiger partial charge in [0.15, 0.2) is 5.78 Å². The number of allylic oxidation sites excluding steroid dienone is 4. The molecule has 2 atom stereocenters. The van der Waals surface area contributed by atoms with E-state index in [9.17, 15) is 9.59 Å². The zero-order valence-electron chi connectivity index (χ0n) is 21.8. The topological polar surface area (TPSA) is 46.2 Å². The normalized spacial score (nSPS) is 13.4. The first kappa shape index (κ1) is 28.0. The second-order valence-corrected chi connectivity index (χ2v) is 9.14. The number of hydrogen-bond donors (Lipinski definition) is 1. The Morgan fingerprint density at radius 1 is 0.943 bits per heavy atom. The smallest absolute Gasteiger partial charge is 0.255 e. The first-order chi connectivity index (χ1) is 16.9. The maximum absolute atomic E-state index is 12.7. The van der Waals surface area contributed by atoms with Crippen molar-refractivity contribution in [3.63, 3.8) is 0 Å². The van der Waals surface area contributed by atoms with Crippen LogP contribution in [0.4, 0.5) is 0 Å². The Kier molecular flexibility index (Phi) is 12.0. The molecule has 3 heteroatoms. The Morgan fingerprint density at radius 2 is 1.60 bits per heavy atom. The summed E-state index contributed by atoms with van der Waals surface area (Å²) in [6, 6.07) is 15.7. The molecule has 0 saturated heterocycles. The van der Waals surface area contributed by atoms with E-state index in [2.05, 4.69) is 39.6 Å². The molecular weight excluding hydrogens is 430 g/mol. The third kappa shape index (κ3) is 8.83. The monoisotopic (exact) mass is 471 g/mol. The standard InChI is InChI=1S/C32H41NO2/c1-6-10-13-25-15-17-29(18-16-25)32(35)33-30(12-8-3)23-14-24(5)27-19-21-28(22-20-27)31(34)26(9-4)11-7-2/h8,12,14-24,26H,3,6-7,9-11,13H2,1-2,4-5H3,(H,33,35)/b23-14-,30-12+. The number of ketones is 1. The molecule has 0 fully saturated rings. The van der Waals surface area contributed by atoms with E-state index in [1.807, 2.05) is 60.7 Å². The van der Waals surface area contributed by atoms with Crippen LogP contribution in [0, 0.1) is 5.92 Å². The van der Waals surface area contributed by atoms with Gasteiger partial charge in [0, 0.05) is 22.7 Å². The summed E-state index contributed by atoms with van der Waals surface area (Å²) in [5.41, 5.74) is 4.47. The first-order valence-corrected chi connectivity index (χ1v) is 13.0. The number of carbonyl (C=O) groups excluding carboxylic acids is 2. The molecule has 1 N–H and O–H groups in total. The van der Waals surface area contributed by atoms with Crippen LogP contribution in [-0.2, 0) is 6.42 Å². The van der Waals surface area contributed by atoms with E-state index in [0.29, 0.717) is 11.3 Å². The van der Waals surface area contributed by atoms with Crippen LogP contribution >= 0.6 is 0 Å². The second kappa shape index (κ2) is 14.9. The van der Waals surface area contributed by atoms with E-state index >= 15 is 0 Å². The summed E-state index contributed by atoms with van der Waals surface area (Å²) >= 11 is 0. The van der Waals surface area contributed by atoms with E-state index in [0.717, 1.165) is 49.7 Å². The molecule has 2 unspecified atom stereocenters. The van der Waals surface area contributed by atoms with E-state index in [-0.39, 0.29) is 23.5 Å². The highest BCUT2D eigenvalue weighted by Gasteiger charge is 2.17. The molecule has 0 radical (unpaired) electrons. The van der Waals surface area contributed by atoms with Gasteiger partial charge in [-0.25, -0.2) is 0 Å². The zero-order valence-corrected chi connectivity index (χ0v) is 21.8. The van der Waals surface area contributed by atoms with Crippen molar-refractivity contribution in [2.24, 2.45) is 5.92 Å². The molecule has 3 nitrogen and oxygen atoms in total. The van der Waals surface area contributed by atoms with Gasteiger partial charge in [0.25, 0.3) is 5.91 Å². The van der Waals surface area contributed by atoms with E-state index < -0.39 is 0 Å². The number of hydrogen-bond acceptors (Lipinski definition) is 2. The molecule has 0 aliphatic carbocycles. The predicted octanol–water partition coefficient (Wildman–Crippen LogP) is 8.20. The van der Waals surface area contributed by atoms with Crippen LogP contribution in [0.3, 0.4) is 0 Å². The van der Waals surface area contributed by atoms with E-state index in [1.54, 1.807) is 12.2 Å². The predicted molar refractivity (Wildman–Crippen MR) is 148 cm³/mol. The van der Waals surface area contributed by atoms with Gasteiger partial charge < -0.3 is 5.32 Å². The molecule has 35 heavy (non-hydrogen) atoms. The zero-order chi connectivity index (χ0) is 25.6. The Balaban J connectivity index is 2.04. The van der Waals surface area contributed by atoms with Crippen molar-refractivity contribution < 1.29 is 9.59 Å². The molecule has 0 bridgehead atoms. The minimum atomic E-state index is -0.141. The summed E-state index contributed by atoms with van der Waals surface area (Å²) in [5, 5.41) is 2.98. The Morgan fingerprint density at radius 3 is 2.17 bits per heavy atom. The van der Waals surface area contributed by atoms with Crippen LogP contribution in [0.25, 0.3) is 0 Å². The third-order valence-electron chi connectivity index (χ3n) is 6.38. The molecule has 0 saturated carbocycles. The molecule has 0 aliphatic heterocycles. The van der Waals surface area contributed by atoms with Gasteiger partial charge in [0.05, 0.1) is 0 Å². The number of Topliss-reactive ketones (excluding diaryl/α,β-unsaturated/α-hetero) is 1. The molecule has 0 heterocycles. The van der Waals surface area contributed by atoms with Gasteiger partial charge in [-0.3, -0.25) is 9.59 Å². The number of nitrogens with one attached hydrogen (secondary N) is 1. The minimum Gasteiger partial charge on any atom is -0.322 e. The van der Waals surface area contributed by atoms with Crippen molar-refractivity contribution in [1.29, 1.82) is 0 Å². The molecule has 2 aromatic rings. The van der Waals surface area contributed by atoms with E-state index in [1.165, 1.54) is 5.56 Å². The van der Waals surface area contributed by atoms with Gasteiger partial charge in [-0.05, 0) is 67.0 Å². The fourth-order valence-corrected chi connectivity index (χ4v) is 4.09. The largest absolute Gasteiger partial charge is 0.322 e. The Bertz CT molecular complexity index is 1010. The lowest BCUT2D eigenvalue weighted by Crippen LogP contribution is -2.21. The highest BCUT2D eigenvalue weighted by molar-refractivity contribution is 5.98. The minimum absolute atomic E-state index is 0.103. The number of rotatable bonds is 14. The van der Waals surface area contributed by atoms with Gasteiger partial charge in [0.1, 0.15) is 0 Å². The van der Waals surface area contributed by atoms with Gasteiger partial charge in [-0.2, -0.15) is 0 Å². The van der Waals surface area contributed by atoms with Crippen LogP contribution in [0.15, 0.2) is 85.1 Å². The van der Waals surface area contributed by atoms with Crippen molar-refractivity contribution in [1.82, 2.24) is 5.32 Å². The van der Waals surface area contributed by atoms with Crippen LogP contribution in [-0.4, -0.2) is 11.7 Å². The summed E-state index contributed by atoms with van der Waals surface area (Å²) in [7, 11) is 0. The van der Waals surface area contributed by atoms with Gasteiger partial charge in [0.2, 0.25) is 0 Å². The van der Waals surface area contributed by atoms with Crippen molar-refractivity contribution in [2.75, 3.05) is 0 Å². The average molecular weight is 472 g/mol. The molecule has 0 spiro atoms. The van der Waals surface area contributed by atoms with Crippen LogP contribution < -0.4 is 5.32 Å². The first-order valence-electron chi connectivity index (χ1n) is 13.0. The van der Waals surface area contributed by atoms with Crippen LogP contribution in [0.2, 0.25) is 0 Å². The molecule has 0 aliphatic rings. The van der Waals surface area contributed by atoms with Gasteiger partial charge in [-0.15, -0.1) is 0 Å². The maximum atomic E-state index is 12.7. The van der Waals surface area contributed by atoms with E-state index in [4.69, 9.17) is 0 Å². The van der Waals surface area contributed by atoms with Crippen LogP contribution in [0.1, 0.15) is 97.6 Å². The van der Waals surface area contributed by atoms with Crippen LogP contribution in [0.5, 0.6) is 0 Å². The number of aryl methyl sites for hydroxylation is 1. The molecule has 0 aromatic heterocycles. The summed E-state index contributed by atoms with van der Waals surface area (Å²) in [5.74, 6) is 0.324. The summed E-state index contributed by atoms with van der Waals surface area (Å²) in [6.45, 7) is 12.2.